The minimum atomic E-state index is 0.456. The molecule has 0 aliphatic heterocycles. The van der Waals surface area contributed by atoms with E-state index in [2.05, 4.69) is 38.8 Å². The molecule has 0 radical (unpaired) electrons. The van der Waals surface area contributed by atoms with Gasteiger partial charge in [0, 0.05) is 11.3 Å². The Morgan fingerprint density at radius 2 is 2.04 bits per heavy atom. The van der Waals surface area contributed by atoms with Crippen molar-refractivity contribution in [3.63, 3.8) is 0 Å². The second-order valence-electron chi connectivity index (χ2n) is 8.21. The summed E-state index contributed by atoms with van der Waals surface area (Å²) in [5, 5.41) is 9.40. The van der Waals surface area contributed by atoms with Gasteiger partial charge in [-0.1, -0.05) is 50.6 Å². The molecule has 0 aromatic heterocycles. The van der Waals surface area contributed by atoms with E-state index in [0.29, 0.717) is 22.4 Å². The molecule has 128 valence electrons. The molecule has 1 aromatic carbocycles. The van der Waals surface area contributed by atoms with Crippen LogP contribution in [0.25, 0.3) is 0 Å². The van der Waals surface area contributed by atoms with Crippen molar-refractivity contribution in [1.82, 2.24) is 0 Å². The Morgan fingerprint density at radius 1 is 1.33 bits per heavy atom. The van der Waals surface area contributed by atoms with Crippen LogP contribution < -0.4 is 0 Å². The van der Waals surface area contributed by atoms with Gasteiger partial charge in [-0.25, -0.2) is 0 Å². The summed E-state index contributed by atoms with van der Waals surface area (Å²) in [6, 6.07) is 10.3. The van der Waals surface area contributed by atoms with Crippen LogP contribution in [0.2, 0.25) is 0 Å². The number of rotatable bonds is 5. The van der Waals surface area contributed by atoms with Crippen molar-refractivity contribution in [3.8, 4) is 6.07 Å². The molecule has 2 bridgehead atoms. The highest BCUT2D eigenvalue weighted by Crippen LogP contribution is 2.68. The molecule has 0 amide bonds. The molecule has 0 N–H and O–H groups in total. The molecular weight excluding hydrogens is 312 g/mol. The molecule has 1 aromatic rings. The lowest BCUT2D eigenvalue weighted by Gasteiger charge is -2.41. The summed E-state index contributed by atoms with van der Waals surface area (Å²) in [5.41, 5.74) is 3.62. The van der Waals surface area contributed by atoms with Gasteiger partial charge in [-0.15, -0.1) is 11.8 Å². The van der Waals surface area contributed by atoms with Crippen molar-refractivity contribution in [2.24, 2.45) is 27.7 Å². The Hall–Kier alpha value is -1.27. The quantitative estimate of drug-likeness (QED) is 0.527. The monoisotopic (exact) mass is 340 g/mol. The lowest BCUT2D eigenvalue weighted by Crippen LogP contribution is -2.37. The lowest BCUT2D eigenvalue weighted by atomic mass is 9.67. The normalized spacial score (nSPS) is 31.2. The van der Waals surface area contributed by atoms with E-state index < -0.39 is 0 Å². The Morgan fingerprint density at radius 3 is 2.58 bits per heavy atom. The van der Waals surface area contributed by atoms with Crippen LogP contribution in [0.15, 0.2) is 29.3 Å². The van der Waals surface area contributed by atoms with Crippen LogP contribution in [0.1, 0.15) is 51.2 Å². The Bertz CT molecular complexity index is 668. The average Bonchev–Trinajstić information content (AvgIpc) is 2.91. The van der Waals surface area contributed by atoms with Gasteiger partial charge in [0.15, 0.2) is 0 Å². The molecule has 2 nitrogen and oxygen atoms in total. The number of benzene rings is 1. The highest BCUT2D eigenvalue weighted by Gasteiger charge is 2.61. The fourth-order valence-corrected chi connectivity index (χ4v) is 6.59. The molecule has 3 rings (SSSR count). The highest BCUT2D eigenvalue weighted by molar-refractivity contribution is 7.99. The topological polar surface area (TPSA) is 36.1 Å². The standard InChI is InChI=1S/C21H28N2S/c1-15-5-7-17(8-6-15)19(12-22)23-14-24-13-21-10-9-18(11-16(21)2)20(21,3)4/h5-8,16,18H,9-11,13-14H2,1-4H3/b23-19+. The number of aliphatic imine (C=N–C) groups is 1. The van der Waals surface area contributed by atoms with Crippen LogP contribution in [-0.2, 0) is 0 Å². The van der Waals surface area contributed by atoms with E-state index >= 15 is 0 Å². The summed E-state index contributed by atoms with van der Waals surface area (Å²) in [5.74, 6) is 3.58. The van der Waals surface area contributed by atoms with Gasteiger partial charge in [0.25, 0.3) is 0 Å². The molecule has 2 aliphatic carbocycles. The van der Waals surface area contributed by atoms with Gasteiger partial charge < -0.3 is 0 Å². The minimum Gasteiger partial charge on any atom is -0.263 e. The zero-order valence-corrected chi connectivity index (χ0v) is 16.1. The molecule has 3 heteroatoms. The Labute approximate surface area is 150 Å². The van der Waals surface area contributed by atoms with Crippen LogP contribution in [0.4, 0.5) is 0 Å². The third kappa shape index (κ3) is 2.80. The summed E-state index contributed by atoms with van der Waals surface area (Å²) in [7, 11) is 0. The number of fused-ring (bicyclic) bond motifs is 2. The van der Waals surface area contributed by atoms with Crippen LogP contribution in [0, 0.1) is 40.9 Å². The number of nitrogens with zero attached hydrogens (tertiary/aromatic N) is 2. The average molecular weight is 341 g/mol. The summed E-state index contributed by atoms with van der Waals surface area (Å²) < 4.78 is 0. The summed E-state index contributed by atoms with van der Waals surface area (Å²) in [4.78, 5) is 4.57. The van der Waals surface area contributed by atoms with Gasteiger partial charge in [0.1, 0.15) is 11.8 Å². The third-order valence-electron chi connectivity index (χ3n) is 6.93. The second kappa shape index (κ2) is 6.56. The molecule has 2 saturated carbocycles. The first-order valence-electron chi connectivity index (χ1n) is 9.00. The van der Waals surface area contributed by atoms with E-state index in [1.54, 1.807) is 0 Å². The SMILES string of the molecule is Cc1ccc(/C(C#N)=N/CSCC23CCC(CC2C)C3(C)C)cc1. The molecule has 3 atom stereocenters. The summed E-state index contributed by atoms with van der Waals surface area (Å²) in [6.07, 6.45) is 4.16. The third-order valence-corrected chi connectivity index (χ3v) is 7.96. The predicted molar refractivity (Wildman–Crippen MR) is 103 cm³/mol. The number of aryl methyl sites for hydroxylation is 1. The molecule has 0 saturated heterocycles. The van der Waals surface area contributed by atoms with Crippen molar-refractivity contribution < 1.29 is 0 Å². The number of thioether (sulfide) groups is 1. The van der Waals surface area contributed by atoms with Crippen molar-refractivity contribution >= 4 is 17.5 Å². The van der Waals surface area contributed by atoms with Gasteiger partial charge in [-0.2, -0.15) is 5.26 Å². The van der Waals surface area contributed by atoms with Gasteiger partial charge in [-0.05, 0) is 48.9 Å². The first kappa shape index (κ1) is 17.5. The maximum absolute atomic E-state index is 9.40. The Balaban J connectivity index is 1.64. The minimum absolute atomic E-state index is 0.456. The summed E-state index contributed by atoms with van der Waals surface area (Å²) in [6.45, 7) is 9.45. The molecule has 0 spiro atoms. The van der Waals surface area contributed by atoms with Gasteiger partial charge in [0.05, 0.1) is 5.88 Å². The zero-order chi connectivity index (χ0) is 17.4. The van der Waals surface area contributed by atoms with Crippen LogP contribution >= 0.6 is 11.8 Å². The van der Waals surface area contributed by atoms with Crippen molar-refractivity contribution in [2.75, 3.05) is 11.6 Å². The fourth-order valence-electron chi connectivity index (χ4n) is 5.11. The molecular formula is C21H28N2S. The van der Waals surface area contributed by atoms with Crippen LogP contribution in [-0.4, -0.2) is 17.3 Å². The largest absolute Gasteiger partial charge is 0.263 e. The maximum Gasteiger partial charge on any atom is 0.143 e. The first-order chi connectivity index (χ1) is 11.4. The first-order valence-corrected chi connectivity index (χ1v) is 10.2. The number of hydrogen-bond donors (Lipinski definition) is 0. The molecule has 2 fully saturated rings. The van der Waals surface area contributed by atoms with Gasteiger partial charge in [0.2, 0.25) is 0 Å². The van der Waals surface area contributed by atoms with Crippen molar-refractivity contribution in [1.29, 1.82) is 5.26 Å². The zero-order valence-electron chi connectivity index (χ0n) is 15.3. The Kier molecular flexibility index (Phi) is 4.80. The molecule has 0 heterocycles. The van der Waals surface area contributed by atoms with Crippen LogP contribution in [0.3, 0.4) is 0 Å². The smallest absolute Gasteiger partial charge is 0.143 e. The summed E-state index contributed by atoms with van der Waals surface area (Å²) >= 11 is 1.91. The lowest BCUT2D eigenvalue weighted by molar-refractivity contribution is 0.118. The molecule has 3 unspecified atom stereocenters. The van der Waals surface area contributed by atoms with Crippen LogP contribution in [0.5, 0.6) is 0 Å². The predicted octanol–water partition coefficient (Wildman–Crippen LogP) is 5.46. The van der Waals surface area contributed by atoms with E-state index in [9.17, 15) is 5.26 Å². The fraction of sp³-hybridized carbons (Fsp3) is 0.619. The second-order valence-corrected chi connectivity index (χ2v) is 9.17. The van der Waals surface area contributed by atoms with E-state index in [1.165, 1.54) is 30.6 Å². The van der Waals surface area contributed by atoms with Gasteiger partial charge >= 0.3 is 0 Å². The highest BCUT2D eigenvalue weighted by atomic mass is 32.2. The maximum atomic E-state index is 9.40. The molecule has 2 aliphatic rings. The van der Waals surface area contributed by atoms with Gasteiger partial charge in [-0.3, -0.25) is 4.99 Å². The van der Waals surface area contributed by atoms with Crippen molar-refractivity contribution in [3.05, 3.63) is 35.4 Å². The van der Waals surface area contributed by atoms with E-state index in [4.69, 9.17) is 0 Å². The number of nitriles is 1. The van der Waals surface area contributed by atoms with Crippen molar-refractivity contribution in [2.45, 2.75) is 47.0 Å². The molecule has 24 heavy (non-hydrogen) atoms. The number of hydrogen-bond acceptors (Lipinski definition) is 3. The van der Waals surface area contributed by atoms with E-state index in [1.807, 2.05) is 36.0 Å². The van der Waals surface area contributed by atoms with E-state index in [-0.39, 0.29) is 0 Å². The van der Waals surface area contributed by atoms with E-state index in [0.717, 1.165) is 17.4 Å².